The van der Waals surface area contributed by atoms with Gasteiger partial charge in [-0.15, -0.1) is 0 Å². The molecule has 0 aliphatic rings. The maximum absolute atomic E-state index is 11.9. The predicted molar refractivity (Wildman–Crippen MR) is 93.8 cm³/mol. The highest BCUT2D eigenvalue weighted by molar-refractivity contribution is 7.92. The lowest BCUT2D eigenvalue weighted by atomic mass is 10.1. The molecule has 0 radical (unpaired) electrons. The molecule has 1 amide bonds. The molecule has 0 heterocycles. The molecule has 0 fully saturated rings. The molecule has 0 aromatic heterocycles. The average molecular weight is 330 g/mol. The number of aryl methyl sites for hydroxylation is 1. The molecule has 23 heavy (non-hydrogen) atoms. The van der Waals surface area contributed by atoms with Crippen LogP contribution in [0.25, 0.3) is 6.08 Å². The third-order valence-electron chi connectivity index (χ3n) is 2.92. The molecule has 0 spiro atoms. The van der Waals surface area contributed by atoms with Crippen LogP contribution in [-0.4, -0.2) is 20.6 Å². The second-order valence-corrected chi connectivity index (χ2v) is 6.94. The van der Waals surface area contributed by atoms with E-state index in [1.165, 1.54) is 6.08 Å². The topological polar surface area (TPSA) is 75.3 Å². The number of anilines is 2. The third kappa shape index (κ3) is 5.96. The van der Waals surface area contributed by atoms with Crippen LogP contribution in [0.3, 0.4) is 0 Å². The van der Waals surface area contributed by atoms with Crippen molar-refractivity contribution in [1.82, 2.24) is 0 Å². The summed E-state index contributed by atoms with van der Waals surface area (Å²) in [6.07, 6.45) is 4.28. The molecule has 0 aliphatic carbocycles. The fourth-order valence-corrected chi connectivity index (χ4v) is 2.53. The molecule has 0 saturated heterocycles. The number of sulfonamides is 1. The molecule has 0 saturated carbocycles. The molecular weight excluding hydrogens is 312 g/mol. The molecule has 6 heteroatoms. The van der Waals surface area contributed by atoms with Gasteiger partial charge in [-0.2, -0.15) is 0 Å². The molecule has 2 aromatic carbocycles. The lowest BCUT2D eigenvalue weighted by Gasteiger charge is -2.06. The number of rotatable bonds is 5. The van der Waals surface area contributed by atoms with Gasteiger partial charge < -0.3 is 5.32 Å². The number of carbonyl (C=O) groups excluding carboxylic acids is 1. The number of carbonyl (C=O) groups is 1. The molecule has 120 valence electrons. The van der Waals surface area contributed by atoms with Crippen molar-refractivity contribution in [1.29, 1.82) is 0 Å². The van der Waals surface area contributed by atoms with Crippen LogP contribution in [0.15, 0.2) is 54.6 Å². The van der Waals surface area contributed by atoms with E-state index in [0.29, 0.717) is 11.4 Å². The van der Waals surface area contributed by atoms with E-state index in [9.17, 15) is 13.2 Å². The smallest absolute Gasteiger partial charge is 0.248 e. The number of benzene rings is 2. The second-order valence-electron chi connectivity index (χ2n) is 5.19. The molecule has 2 aromatic rings. The summed E-state index contributed by atoms with van der Waals surface area (Å²) in [6.45, 7) is 1.99. The summed E-state index contributed by atoms with van der Waals surface area (Å²) in [5.74, 6) is -0.254. The van der Waals surface area contributed by atoms with Gasteiger partial charge >= 0.3 is 0 Å². The van der Waals surface area contributed by atoms with Gasteiger partial charge in [-0.1, -0.05) is 29.8 Å². The summed E-state index contributed by atoms with van der Waals surface area (Å²) < 4.78 is 24.6. The van der Waals surface area contributed by atoms with Crippen molar-refractivity contribution in [3.8, 4) is 0 Å². The fraction of sp³-hybridized carbons (Fsp3) is 0.118. The Hall–Kier alpha value is -2.60. The zero-order chi connectivity index (χ0) is 16.9. The quantitative estimate of drug-likeness (QED) is 0.828. The highest BCUT2D eigenvalue weighted by atomic mass is 32.2. The Balaban J connectivity index is 1.97. The van der Waals surface area contributed by atoms with E-state index in [0.717, 1.165) is 17.4 Å². The summed E-state index contributed by atoms with van der Waals surface area (Å²) in [5, 5.41) is 2.71. The Labute approximate surface area is 136 Å². The summed E-state index contributed by atoms with van der Waals surface area (Å²) in [6, 6.07) is 14.3. The highest BCUT2D eigenvalue weighted by Crippen LogP contribution is 2.14. The zero-order valence-corrected chi connectivity index (χ0v) is 13.7. The van der Waals surface area contributed by atoms with E-state index < -0.39 is 10.0 Å². The summed E-state index contributed by atoms with van der Waals surface area (Å²) >= 11 is 0. The molecular formula is C17H18N2O3S. The largest absolute Gasteiger partial charge is 0.323 e. The molecule has 2 N–H and O–H groups in total. The number of nitrogens with one attached hydrogen (secondary N) is 2. The Bertz CT molecular complexity index is 825. The van der Waals surface area contributed by atoms with Crippen molar-refractivity contribution in [3.63, 3.8) is 0 Å². The predicted octanol–water partition coefficient (Wildman–Crippen LogP) is 3.02. The SMILES string of the molecule is Cc1cccc(/C=C/C(=O)Nc2ccc(NS(C)(=O)=O)cc2)c1. The lowest BCUT2D eigenvalue weighted by molar-refractivity contribution is -0.111. The molecule has 0 unspecified atom stereocenters. The monoisotopic (exact) mass is 330 g/mol. The van der Waals surface area contributed by atoms with Crippen LogP contribution < -0.4 is 10.0 Å². The van der Waals surface area contributed by atoms with Crippen molar-refractivity contribution in [2.24, 2.45) is 0 Å². The first kappa shape index (κ1) is 16.8. The van der Waals surface area contributed by atoms with Crippen molar-refractivity contribution in [3.05, 3.63) is 65.7 Å². The van der Waals surface area contributed by atoms with Gasteiger partial charge in [0.05, 0.1) is 6.26 Å². The normalized spacial score (nSPS) is 11.4. The van der Waals surface area contributed by atoms with E-state index in [-0.39, 0.29) is 5.91 Å². The van der Waals surface area contributed by atoms with Gasteiger partial charge in [0.2, 0.25) is 15.9 Å². The lowest BCUT2D eigenvalue weighted by Crippen LogP contribution is -2.10. The Morgan fingerprint density at radius 2 is 1.70 bits per heavy atom. The van der Waals surface area contributed by atoms with E-state index >= 15 is 0 Å². The number of hydrogen-bond donors (Lipinski definition) is 2. The van der Waals surface area contributed by atoms with Crippen LogP contribution in [0.4, 0.5) is 11.4 Å². The minimum Gasteiger partial charge on any atom is -0.323 e. The molecule has 2 rings (SSSR count). The van der Waals surface area contributed by atoms with Crippen molar-refractivity contribution in [2.75, 3.05) is 16.3 Å². The van der Waals surface area contributed by atoms with Crippen molar-refractivity contribution in [2.45, 2.75) is 6.92 Å². The maximum Gasteiger partial charge on any atom is 0.248 e. The van der Waals surface area contributed by atoms with Gasteiger partial charge in [-0.25, -0.2) is 8.42 Å². The third-order valence-corrected chi connectivity index (χ3v) is 3.53. The van der Waals surface area contributed by atoms with Gasteiger partial charge in [-0.05, 0) is 42.8 Å². The number of hydrogen-bond acceptors (Lipinski definition) is 3. The number of amides is 1. The standard InChI is InChI=1S/C17H18N2O3S/c1-13-4-3-5-14(12-13)6-11-17(20)18-15-7-9-16(10-8-15)19-23(2,21)22/h3-12,19H,1-2H3,(H,18,20)/b11-6+. The van der Waals surface area contributed by atoms with E-state index in [4.69, 9.17) is 0 Å². The minimum atomic E-state index is -3.30. The van der Waals surface area contributed by atoms with Gasteiger partial charge in [-0.3, -0.25) is 9.52 Å². The van der Waals surface area contributed by atoms with Crippen LogP contribution in [0, 0.1) is 6.92 Å². The molecule has 0 atom stereocenters. The Kier molecular flexibility index (Phi) is 5.18. The van der Waals surface area contributed by atoms with Crippen LogP contribution in [0.5, 0.6) is 0 Å². The first-order valence-corrected chi connectivity index (χ1v) is 8.84. The van der Waals surface area contributed by atoms with E-state index in [1.54, 1.807) is 30.3 Å². The summed E-state index contributed by atoms with van der Waals surface area (Å²) in [5.41, 5.74) is 3.11. The van der Waals surface area contributed by atoms with Crippen LogP contribution in [0.1, 0.15) is 11.1 Å². The van der Waals surface area contributed by atoms with Gasteiger partial charge in [0, 0.05) is 17.5 Å². The Morgan fingerprint density at radius 3 is 2.30 bits per heavy atom. The second kappa shape index (κ2) is 7.11. The van der Waals surface area contributed by atoms with E-state index in [2.05, 4.69) is 10.0 Å². The van der Waals surface area contributed by atoms with E-state index in [1.807, 2.05) is 31.2 Å². The zero-order valence-electron chi connectivity index (χ0n) is 12.9. The summed E-state index contributed by atoms with van der Waals surface area (Å²) in [7, 11) is -3.30. The van der Waals surface area contributed by atoms with Crippen molar-refractivity contribution >= 4 is 33.4 Å². The van der Waals surface area contributed by atoms with Crippen LogP contribution in [-0.2, 0) is 14.8 Å². The highest BCUT2D eigenvalue weighted by Gasteiger charge is 2.02. The molecule has 0 bridgehead atoms. The first-order valence-electron chi connectivity index (χ1n) is 6.95. The van der Waals surface area contributed by atoms with Crippen LogP contribution in [0.2, 0.25) is 0 Å². The average Bonchev–Trinajstić information content (AvgIpc) is 2.46. The first-order chi connectivity index (χ1) is 10.8. The summed E-state index contributed by atoms with van der Waals surface area (Å²) in [4.78, 5) is 11.9. The van der Waals surface area contributed by atoms with Gasteiger partial charge in [0.15, 0.2) is 0 Å². The van der Waals surface area contributed by atoms with Gasteiger partial charge in [0.1, 0.15) is 0 Å². The molecule has 0 aliphatic heterocycles. The minimum absolute atomic E-state index is 0.254. The molecule has 5 nitrogen and oxygen atoms in total. The fourth-order valence-electron chi connectivity index (χ4n) is 1.97. The van der Waals surface area contributed by atoms with Gasteiger partial charge in [0.25, 0.3) is 0 Å². The van der Waals surface area contributed by atoms with Crippen LogP contribution >= 0.6 is 0 Å². The Morgan fingerprint density at radius 1 is 1.04 bits per heavy atom. The maximum atomic E-state index is 11.9. The van der Waals surface area contributed by atoms with Crippen molar-refractivity contribution < 1.29 is 13.2 Å².